The molecule has 126 valence electrons. The van der Waals surface area contributed by atoms with Gasteiger partial charge in [-0.15, -0.1) is 0 Å². The zero-order chi connectivity index (χ0) is 16.0. The highest BCUT2D eigenvalue weighted by Gasteiger charge is 2.78. The quantitative estimate of drug-likeness (QED) is 0.532. The lowest BCUT2D eigenvalue weighted by Gasteiger charge is -2.65. The van der Waals surface area contributed by atoms with Gasteiger partial charge in [-0.1, -0.05) is 27.2 Å². The monoisotopic (exact) mass is 324 g/mol. The maximum absolute atomic E-state index is 12.5. The molecule has 22 heavy (non-hydrogen) atoms. The number of carbonyl (C=O) groups is 1. The summed E-state index contributed by atoms with van der Waals surface area (Å²) in [7, 11) is -0.173. The molecular weight excluding hydrogens is 292 g/mol. The lowest BCUT2D eigenvalue weighted by molar-refractivity contribution is -0.231. The van der Waals surface area contributed by atoms with E-state index >= 15 is 0 Å². The third kappa shape index (κ3) is 1.86. The maximum Gasteiger partial charge on any atom is 0.311 e. The molecule has 3 nitrogen and oxygen atoms in total. The van der Waals surface area contributed by atoms with E-state index in [0.717, 1.165) is 24.6 Å². The van der Waals surface area contributed by atoms with Crippen molar-refractivity contribution >= 4 is 14.3 Å². The summed E-state index contributed by atoms with van der Waals surface area (Å²) in [6.07, 6.45) is 7.31. The molecule has 0 radical (unpaired) electrons. The van der Waals surface area contributed by atoms with E-state index in [1.807, 2.05) is 0 Å². The van der Waals surface area contributed by atoms with Gasteiger partial charge < -0.3 is 9.16 Å². The minimum Gasteiger partial charge on any atom is -0.469 e. The average Bonchev–Trinajstić information content (AvgIpc) is 3.06. The Kier molecular flexibility index (Phi) is 4.22. The van der Waals surface area contributed by atoms with E-state index in [2.05, 4.69) is 20.8 Å². The van der Waals surface area contributed by atoms with Crippen LogP contribution in [0.4, 0.5) is 0 Å². The number of esters is 1. The molecule has 0 unspecified atom stereocenters. The van der Waals surface area contributed by atoms with Gasteiger partial charge in [0.25, 0.3) is 0 Å². The molecule has 0 aromatic rings. The molecule has 3 rings (SSSR count). The van der Waals surface area contributed by atoms with Crippen molar-refractivity contribution in [3.8, 4) is 0 Å². The summed E-state index contributed by atoms with van der Waals surface area (Å²) in [4.78, 5) is 12.5. The molecule has 1 spiro atoms. The first kappa shape index (κ1) is 16.5. The van der Waals surface area contributed by atoms with Crippen LogP contribution in [0.1, 0.15) is 59.3 Å². The third-order valence-electron chi connectivity index (χ3n) is 7.55. The van der Waals surface area contributed by atoms with Gasteiger partial charge in [-0.05, 0) is 56.2 Å². The van der Waals surface area contributed by atoms with Gasteiger partial charge in [-0.25, -0.2) is 0 Å². The van der Waals surface area contributed by atoms with Crippen molar-refractivity contribution in [2.24, 2.45) is 17.3 Å². The topological polar surface area (TPSA) is 35.5 Å². The molecule has 3 aliphatic carbocycles. The maximum atomic E-state index is 12.5. The van der Waals surface area contributed by atoms with Crippen LogP contribution in [0.5, 0.6) is 0 Å². The Balaban J connectivity index is 1.98. The molecule has 3 saturated carbocycles. The van der Waals surface area contributed by atoms with Crippen molar-refractivity contribution in [1.29, 1.82) is 0 Å². The van der Waals surface area contributed by atoms with Crippen LogP contribution in [-0.2, 0) is 14.0 Å². The first-order valence-corrected chi connectivity index (χ1v) is 11.9. The molecule has 0 aromatic heterocycles. The van der Waals surface area contributed by atoms with Crippen molar-refractivity contribution in [1.82, 2.24) is 0 Å². The van der Waals surface area contributed by atoms with E-state index in [9.17, 15) is 4.79 Å². The van der Waals surface area contributed by atoms with Gasteiger partial charge >= 0.3 is 5.97 Å². The van der Waals surface area contributed by atoms with Crippen molar-refractivity contribution in [3.63, 3.8) is 0 Å². The highest BCUT2D eigenvalue weighted by Crippen LogP contribution is 2.75. The molecule has 0 heterocycles. The van der Waals surface area contributed by atoms with Crippen LogP contribution in [0, 0.1) is 17.3 Å². The Morgan fingerprint density at radius 3 is 2.32 bits per heavy atom. The second-order valence-electron chi connectivity index (χ2n) is 7.74. The fraction of sp³-hybridized carbons (Fsp3) is 0.944. The minimum atomic E-state index is -1.72. The van der Waals surface area contributed by atoms with E-state index in [4.69, 9.17) is 9.16 Å². The van der Waals surface area contributed by atoms with Gasteiger partial charge in [0.1, 0.15) is 0 Å². The van der Waals surface area contributed by atoms with E-state index in [1.54, 1.807) is 7.11 Å². The Morgan fingerprint density at radius 1 is 1.09 bits per heavy atom. The fourth-order valence-corrected chi connectivity index (χ4v) is 9.43. The summed E-state index contributed by atoms with van der Waals surface area (Å²) in [5.74, 6) is 0.536. The average molecular weight is 325 g/mol. The number of hydrogen-bond donors (Lipinski definition) is 0. The normalized spacial score (nSPS) is 40.0. The van der Waals surface area contributed by atoms with Gasteiger partial charge in [-0.2, -0.15) is 0 Å². The van der Waals surface area contributed by atoms with E-state index in [-0.39, 0.29) is 17.5 Å². The summed E-state index contributed by atoms with van der Waals surface area (Å²) in [5.41, 5.74) is 0.138. The summed E-state index contributed by atoms with van der Waals surface area (Å²) < 4.78 is 12.3. The van der Waals surface area contributed by atoms with Crippen LogP contribution in [0.15, 0.2) is 0 Å². The summed E-state index contributed by atoms with van der Waals surface area (Å²) >= 11 is 0. The van der Waals surface area contributed by atoms with Gasteiger partial charge in [0.2, 0.25) is 0 Å². The van der Waals surface area contributed by atoms with Crippen molar-refractivity contribution < 1.29 is 14.0 Å². The molecular formula is C18H32O3Si. The van der Waals surface area contributed by atoms with Crippen LogP contribution < -0.4 is 0 Å². The smallest absolute Gasteiger partial charge is 0.311 e. The third-order valence-corrected chi connectivity index (χ3v) is 12.2. The standard InChI is InChI=1S/C18H32O3Si/c1-5-22(6-2,7-3)21-18-13-9-12-17(18)11-8-10-14(17)15(18)16(19)20-4/h14-15H,5-13H2,1-4H3/t14-,15+,17+,18+/m1/s1. The number of hydrogen-bond acceptors (Lipinski definition) is 3. The molecule has 0 aromatic carbocycles. The summed E-state index contributed by atoms with van der Waals surface area (Å²) in [6, 6.07) is 3.49. The van der Waals surface area contributed by atoms with Gasteiger partial charge in [0, 0.05) is 5.41 Å². The van der Waals surface area contributed by atoms with E-state index in [0.29, 0.717) is 11.3 Å². The van der Waals surface area contributed by atoms with Crippen LogP contribution in [0.3, 0.4) is 0 Å². The van der Waals surface area contributed by atoms with Gasteiger partial charge in [0.15, 0.2) is 8.32 Å². The number of ether oxygens (including phenoxy) is 1. The van der Waals surface area contributed by atoms with Gasteiger partial charge in [-0.3, -0.25) is 4.79 Å². The van der Waals surface area contributed by atoms with Gasteiger partial charge in [0.05, 0.1) is 18.6 Å². The van der Waals surface area contributed by atoms with E-state index in [1.165, 1.54) is 32.1 Å². The Morgan fingerprint density at radius 2 is 1.73 bits per heavy atom. The molecule has 3 aliphatic rings. The molecule has 0 saturated heterocycles. The van der Waals surface area contributed by atoms with E-state index < -0.39 is 8.32 Å². The van der Waals surface area contributed by atoms with Crippen LogP contribution in [0.25, 0.3) is 0 Å². The molecule has 4 atom stereocenters. The molecule has 3 fully saturated rings. The number of rotatable bonds is 6. The lowest BCUT2D eigenvalue weighted by Crippen LogP contribution is -2.72. The number of methoxy groups -OCH3 is 1. The highest BCUT2D eigenvalue weighted by molar-refractivity contribution is 6.73. The molecule has 0 aliphatic heterocycles. The number of carbonyl (C=O) groups excluding carboxylic acids is 1. The Hall–Kier alpha value is -0.353. The Labute approximate surface area is 136 Å². The first-order chi connectivity index (χ1) is 10.5. The zero-order valence-corrected chi connectivity index (χ0v) is 15.7. The lowest BCUT2D eigenvalue weighted by atomic mass is 9.46. The van der Waals surface area contributed by atoms with Crippen LogP contribution in [-0.4, -0.2) is 27.0 Å². The second-order valence-corrected chi connectivity index (χ2v) is 12.4. The minimum absolute atomic E-state index is 0.00404. The Bertz CT molecular complexity index is 435. The molecule has 0 bridgehead atoms. The van der Waals surface area contributed by atoms with Crippen molar-refractivity contribution in [2.75, 3.05) is 7.11 Å². The molecule has 0 N–H and O–H groups in total. The first-order valence-electron chi connectivity index (χ1n) is 9.32. The summed E-state index contributed by atoms with van der Waals surface area (Å²) in [6.45, 7) is 6.86. The predicted octanol–water partition coefficient (Wildman–Crippen LogP) is 4.52. The van der Waals surface area contributed by atoms with Crippen molar-refractivity contribution in [2.45, 2.75) is 83.0 Å². The zero-order valence-electron chi connectivity index (χ0n) is 14.7. The van der Waals surface area contributed by atoms with Crippen molar-refractivity contribution in [3.05, 3.63) is 0 Å². The molecule has 0 amide bonds. The largest absolute Gasteiger partial charge is 0.469 e. The molecule has 4 heteroatoms. The predicted molar refractivity (Wildman–Crippen MR) is 90.1 cm³/mol. The second kappa shape index (κ2) is 5.62. The SMILES string of the molecule is CC[Si](CC)(CC)O[C@]12CCC[C@]13CCC[C@@H]3[C@H]2C(=O)OC. The van der Waals surface area contributed by atoms with Crippen LogP contribution in [0.2, 0.25) is 18.1 Å². The highest BCUT2D eigenvalue weighted by atomic mass is 28.4. The fourth-order valence-electron chi connectivity index (χ4n) is 6.29. The summed E-state index contributed by atoms with van der Waals surface area (Å²) in [5, 5.41) is 0. The van der Waals surface area contributed by atoms with Crippen LogP contribution >= 0.6 is 0 Å².